The summed E-state index contributed by atoms with van der Waals surface area (Å²) in [6.07, 6.45) is 1.41. The molecule has 4 heterocycles. The highest BCUT2D eigenvalue weighted by molar-refractivity contribution is 7.18. The maximum Gasteiger partial charge on any atom is 0.274 e. The number of pyridine rings is 1. The zero-order valence-corrected chi connectivity index (χ0v) is 22.0. The molecule has 3 aromatic carbocycles. The van der Waals surface area contributed by atoms with Crippen molar-refractivity contribution >= 4 is 38.9 Å². The predicted molar refractivity (Wildman–Crippen MR) is 154 cm³/mol. The molecular weight excluding hydrogens is 504 g/mol. The molecular formula is C31H26N6OS. The van der Waals surface area contributed by atoms with Gasteiger partial charge in [0.1, 0.15) is 17.8 Å². The summed E-state index contributed by atoms with van der Waals surface area (Å²) in [7, 11) is 0. The number of benzene rings is 3. The van der Waals surface area contributed by atoms with Crippen molar-refractivity contribution in [3.8, 4) is 0 Å². The number of carbonyl (C=O) groups excluding carboxylic acids is 1. The number of nitrogens with zero attached hydrogens (tertiary/aromatic N) is 3. The lowest BCUT2D eigenvalue weighted by Gasteiger charge is -2.36. The molecule has 7 nitrogen and oxygen atoms in total. The highest BCUT2D eigenvalue weighted by Gasteiger charge is 2.49. The minimum Gasteiger partial charge on any atom is -0.349 e. The smallest absolute Gasteiger partial charge is 0.274 e. The molecule has 5 aromatic rings. The molecule has 39 heavy (non-hydrogen) atoms. The zero-order valence-electron chi connectivity index (χ0n) is 21.2. The van der Waals surface area contributed by atoms with Crippen molar-refractivity contribution in [2.45, 2.75) is 25.0 Å². The summed E-state index contributed by atoms with van der Waals surface area (Å²) in [5.74, 6) is 1.16. The van der Waals surface area contributed by atoms with Crippen molar-refractivity contribution in [2.75, 3.05) is 5.32 Å². The Kier molecular flexibility index (Phi) is 5.83. The first-order chi connectivity index (χ1) is 19.2. The van der Waals surface area contributed by atoms with E-state index < -0.39 is 0 Å². The highest BCUT2D eigenvalue weighted by atomic mass is 32.1. The molecule has 192 valence electrons. The molecule has 0 spiro atoms. The molecule has 0 aliphatic carbocycles. The molecule has 0 bridgehead atoms. The number of hydrazine groups is 1. The third-order valence-electron chi connectivity index (χ3n) is 7.28. The number of aryl methyl sites for hydroxylation is 1. The molecule has 1 amide bonds. The van der Waals surface area contributed by atoms with Crippen LogP contribution in [0.2, 0.25) is 0 Å². The molecule has 7 rings (SSSR count). The molecule has 1 saturated heterocycles. The maximum atomic E-state index is 14.4. The van der Waals surface area contributed by atoms with Gasteiger partial charge in [-0.05, 0) is 47.9 Å². The normalized spacial score (nSPS) is 20.7. The molecule has 3 N–H and O–H groups in total. The molecule has 2 aliphatic rings. The molecule has 3 atom stereocenters. The van der Waals surface area contributed by atoms with Crippen LogP contribution in [0.5, 0.6) is 0 Å². The van der Waals surface area contributed by atoms with Gasteiger partial charge in [-0.15, -0.1) is 11.3 Å². The van der Waals surface area contributed by atoms with Crippen molar-refractivity contribution < 1.29 is 4.79 Å². The van der Waals surface area contributed by atoms with Crippen LogP contribution < -0.4 is 16.1 Å². The fraction of sp³-hybridized carbons (Fsp3) is 0.129. The summed E-state index contributed by atoms with van der Waals surface area (Å²) in [6.45, 7) is 2.00. The topological polar surface area (TPSA) is 82.2 Å². The molecule has 0 radical (unpaired) electrons. The standard InChI is InChI=1S/C31H26N6OS/c1-19-33-23-16-15-22(18-24(23)39-19)27-29(34-25-14-8-9-17-32-25)35-30-26(20-10-4-2-5-11-20)28(36-37(30)31(27)38)21-12-6-3-7-13-21/h2-18,26,28,30,35-36H,1H3,(H,32,34). The quantitative estimate of drug-likeness (QED) is 0.275. The van der Waals surface area contributed by atoms with E-state index in [2.05, 4.69) is 56.4 Å². The minimum atomic E-state index is -0.325. The number of hydrogen-bond donors (Lipinski definition) is 3. The van der Waals surface area contributed by atoms with E-state index in [1.807, 2.05) is 73.7 Å². The summed E-state index contributed by atoms with van der Waals surface area (Å²) in [4.78, 5) is 23.5. The van der Waals surface area contributed by atoms with Crippen LogP contribution in [0.3, 0.4) is 0 Å². The SMILES string of the molecule is Cc1nc2ccc(C3=C(Nc4ccccn4)NC4C(c5ccccc5)C(c5ccccc5)NN4C3=O)cc2s1. The van der Waals surface area contributed by atoms with Crippen LogP contribution in [-0.4, -0.2) is 27.0 Å². The number of aromatic nitrogens is 2. The van der Waals surface area contributed by atoms with Gasteiger partial charge in [0, 0.05) is 12.1 Å². The van der Waals surface area contributed by atoms with Gasteiger partial charge < -0.3 is 10.6 Å². The van der Waals surface area contributed by atoms with Gasteiger partial charge in [0.25, 0.3) is 5.91 Å². The monoisotopic (exact) mass is 530 g/mol. The fourth-order valence-electron chi connectivity index (χ4n) is 5.56. The Hall–Kier alpha value is -4.53. The van der Waals surface area contributed by atoms with Gasteiger partial charge in [-0.1, -0.05) is 72.8 Å². The number of fused-ring (bicyclic) bond motifs is 2. The first-order valence-corrected chi connectivity index (χ1v) is 13.7. The highest BCUT2D eigenvalue weighted by Crippen LogP contribution is 2.43. The maximum absolute atomic E-state index is 14.4. The van der Waals surface area contributed by atoms with Crippen molar-refractivity contribution in [1.82, 2.24) is 25.7 Å². The van der Waals surface area contributed by atoms with Crippen LogP contribution in [-0.2, 0) is 4.79 Å². The van der Waals surface area contributed by atoms with Crippen molar-refractivity contribution in [3.05, 3.63) is 131 Å². The van der Waals surface area contributed by atoms with Crippen LogP contribution in [0, 0.1) is 6.92 Å². The molecule has 0 saturated carbocycles. The van der Waals surface area contributed by atoms with E-state index in [-0.39, 0.29) is 24.0 Å². The molecule has 2 aliphatic heterocycles. The summed E-state index contributed by atoms with van der Waals surface area (Å²) >= 11 is 1.62. The van der Waals surface area contributed by atoms with E-state index in [1.165, 1.54) is 0 Å². The molecule has 2 aromatic heterocycles. The summed E-state index contributed by atoms with van der Waals surface area (Å²) in [6, 6.07) is 32.3. The van der Waals surface area contributed by atoms with Crippen molar-refractivity contribution in [3.63, 3.8) is 0 Å². The van der Waals surface area contributed by atoms with Gasteiger partial charge in [-0.3, -0.25) is 4.79 Å². The van der Waals surface area contributed by atoms with E-state index in [9.17, 15) is 4.79 Å². The van der Waals surface area contributed by atoms with E-state index in [0.29, 0.717) is 17.2 Å². The van der Waals surface area contributed by atoms with Gasteiger partial charge in [0.2, 0.25) is 0 Å². The first kappa shape index (κ1) is 23.6. The summed E-state index contributed by atoms with van der Waals surface area (Å²) in [5.41, 5.74) is 8.14. The second kappa shape index (κ2) is 9.65. The predicted octanol–water partition coefficient (Wildman–Crippen LogP) is 5.58. The van der Waals surface area contributed by atoms with Gasteiger partial charge in [0.15, 0.2) is 0 Å². The third kappa shape index (κ3) is 4.24. The van der Waals surface area contributed by atoms with Crippen molar-refractivity contribution in [2.24, 2.45) is 0 Å². The number of rotatable bonds is 5. The number of hydrogen-bond acceptors (Lipinski definition) is 7. The fourth-order valence-corrected chi connectivity index (χ4v) is 6.43. The van der Waals surface area contributed by atoms with Crippen LogP contribution in [0.1, 0.15) is 33.7 Å². The van der Waals surface area contributed by atoms with Gasteiger partial charge in [0.05, 0.1) is 26.8 Å². The first-order valence-electron chi connectivity index (χ1n) is 12.9. The third-order valence-corrected chi connectivity index (χ3v) is 8.21. The Balaban J connectivity index is 1.37. The van der Waals surface area contributed by atoms with E-state index >= 15 is 0 Å². The van der Waals surface area contributed by atoms with E-state index in [0.717, 1.165) is 31.9 Å². The minimum absolute atomic E-state index is 0.0359. The summed E-state index contributed by atoms with van der Waals surface area (Å²) in [5, 5.41) is 9.88. The van der Waals surface area contributed by atoms with Gasteiger partial charge in [-0.2, -0.15) is 0 Å². The Morgan fingerprint density at radius 3 is 2.38 bits per heavy atom. The molecule has 1 fully saturated rings. The number of nitrogens with one attached hydrogen (secondary N) is 3. The van der Waals surface area contributed by atoms with Crippen LogP contribution in [0.4, 0.5) is 5.82 Å². The lowest BCUT2D eigenvalue weighted by Crippen LogP contribution is -2.55. The molecule has 3 unspecified atom stereocenters. The number of anilines is 1. The van der Waals surface area contributed by atoms with Crippen LogP contribution >= 0.6 is 11.3 Å². The Morgan fingerprint density at radius 1 is 0.897 bits per heavy atom. The molecule has 8 heteroatoms. The van der Waals surface area contributed by atoms with Crippen molar-refractivity contribution in [1.29, 1.82) is 0 Å². The largest absolute Gasteiger partial charge is 0.349 e. The van der Waals surface area contributed by atoms with Crippen LogP contribution in [0.15, 0.2) is 109 Å². The average Bonchev–Trinajstić information content (AvgIpc) is 3.54. The number of thiazole rings is 1. The Labute approximate surface area is 230 Å². The lowest BCUT2D eigenvalue weighted by atomic mass is 9.86. The second-order valence-electron chi connectivity index (χ2n) is 9.72. The van der Waals surface area contributed by atoms with E-state index in [1.54, 1.807) is 22.5 Å². The van der Waals surface area contributed by atoms with Crippen LogP contribution in [0.25, 0.3) is 15.8 Å². The van der Waals surface area contributed by atoms with E-state index in [4.69, 9.17) is 0 Å². The second-order valence-corrected chi connectivity index (χ2v) is 11.0. The number of amides is 1. The zero-order chi connectivity index (χ0) is 26.3. The Morgan fingerprint density at radius 2 is 1.64 bits per heavy atom. The van der Waals surface area contributed by atoms with Gasteiger partial charge >= 0.3 is 0 Å². The average molecular weight is 531 g/mol. The Bertz CT molecular complexity index is 1690. The lowest BCUT2D eigenvalue weighted by molar-refractivity contribution is -0.130. The summed E-state index contributed by atoms with van der Waals surface area (Å²) < 4.78 is 1.04. The number of carbonyl (C=O) groups is 1. The van der Waals surface area contributed by atoms with Gasteiger partial charge in [-0.25, -0.2) is 20.4 Å².